The highest BCUT2D eigenvalue weighted by atomic mass is 35.5. The number of H-pyrrole nitrogens is 1. The van der Waals surface area contributed by atoms with Gasteiger partial charge in [-0.1, -0.05) is 36.9 Å². The SMILES string of the molecule is C=Cc1[nH]cc[n+]1Cc1ccccc1.[Cl-]. The van der Waals surface area contributed by atoms with Crippen LogP contribution in [-0.4, -0.2) is 4.98 Å². The van der Waals surface area contributed by atoms with Gasteiger partial charge in [-0.05, 0) is 5.56 Å². The number of benzene rings is 1. The third kappa shape index (κ3) is 2.70. The molecule has 0 aliphatic carbocycles. The van der Waals surface area contributed by atoms with E-state index in [4.69, 9.17) is 0 Å². The molecule has 2 rings (SSSR count). The summed E-state index contributed by atoms with van der Waals surface area (Å²) in [6.45, 7) is 4.63. The van der Waals surface area contributed by atoms with E-state index in [-0.39, 0.29) is 12.4 Å². The van der Waals surface area contributed by atoms with Gasteiger partial charge >= 0.3 is 0 Å². The Morgan fingerprint density at radius 1 is 1.27 bits per heavy atom. The van der Waals surface area contributed by atoms with E-state index >= 15 is 0 Å². The molecular formula is C12H13ClN2. The Bertz CT molecular complexity index is 420. The number of imidazole rings is 1. The van der Waals surface area contributed by atoms with Crippen LogP contribution >= 0.6 is 0 Å². The highest BCUT2D eigenvalue weighted by molar-refractivity contribution is 5.31. The Morgan fingerprint density at radius 3 is 2.67 bits per heavy atom. The highest BCUT2D eigenvalue weighted by Gasteiger charge is 2.05. The lowest BCUT2D eigenvalue weighted by atomic mass is 10.2. The number of hydrogen-bond acceptors (Lipinski definition) is 0. The minimum absolute atomic E-state index is 0. The maximum absolute atomic E-state index is 3.75. The van der Waals surface area contributed by atoms with E-state index in [2.05, 4.69) is 40.4 Å². The fourth-order valence-corrected chi connectivity index (χ4v) is 1.47. The summed E-state index contributed by atoms with van der Waals surface area (Å²) in [5.41, 5.74) is 1.29. The second-order valence-corrected chi connectivity index (χ2v) is 3.16. The number of hydrogen-bond donors (Lipinski definition) is 1. The van der Waals surface area contributed by atoms with Gasteiger partial charge in [-0.15, -0.1) is 0 Å². The van der Waals surface area contributed by atoms with E-state index in [0.717, 1.165) is 12.4 Å². The van der Waals surface area contributed by atoms with Crippen molar-refractivity contribution < 1.29 is 17.0 Å². The van der Waals surface area contributed by atoms with Crippen LogP contribution < -0.4 is 17.0 Å². The highest BCUT2D eigenvalue weighted by Crippen LogP contribution is 1.98. The van der Waals surface area contributed by atoms with E-state index in [1.165, 1.54) is 5.56 Å². The van der Waals surface area contributed by atoms with E-state index in [1.807, 2.05) is 24.5 Å². The Balaban J connectivity index is 0.00000112. The predicted molar refractivity (Wildman–Crippen MR) is 56.6 cm³/mol. The number of aromatic nitrogens is 2. The van der Waals surface area contributed by atoms with Crippen molar-refractivity contribution in [2.45, 2.75) is 6.54 Å². The van der Waals surface area contributed by atoms with Crippen molar-refractivity contribution in [2.75, 3.05) is 0 Å². The monoisotopic (exact) mass is 220 g/mol. The molecule has 3 heteroatoms. The van der Waals surface area contributed by atoms with Crippen LogP contribution in [0.4, 0.5) is 0 Å². The third-order valence-electron chi connectivity index (χ3n) is 2.18. The molecule has 0 atom stereocenters. The van der Waals surface area contributed by atoms with Gasteiger partial charge in [0.15, 0.2) is 0 Å². The Kier molecular flexibility index (Phi) is 4.13. The summed E-state index contributed by atoms with van der Waals surface area (Å²) in [6, 6.07) is 10.4. The van der Waals surface area contributed by atoms with Gasteiger partial charge in [0, 0.05) is 6.08 Å². The fourth-order valence-electron chi connectivity index (χ4n) is 1.47. The van der Waals surface area contributed by atoms with Crippen LogP contribution in [-0.2, 0) is 6.54 Å². The topological polar surface area (TPSA) is 19.7 Å². The minimum Gasteiger partial charge on any atom is -1.00 e. The van der Waals surface area contributed by atoms with Crippen molar-refractivity contribution in [3.8, 4) is 0 Å². The Morgan fingerprint density at radius 2 is 2.00 bits per heavy atom. The number of rotatable bonds is 3. The first-order valence-electron chi connectivity index (χ1n) is 4.63. The van der Waals surface area contributed by atoms with Gasteiger partial charge in [0.1, 0.15) is 18.9 Å². The molecule has 1 aromatic carbocycles. The third-order valence-corrected chi connectivity index (χ3v) is 2.18. The van der Waals surface area contributed by atoms with Gasteiger partial charge in [-0.3, -0.25) is 0 Å². The van der Waals surface area contributed by atoms with Crippen molar-refractivity contribution in [2.24, 2.45) is 0 Å². The molecule has 0 aliphatic heterocycles. The molecule has 2 nitrogen and oxygen atoms in total. The summed E-state index contributed by atoms with van der Waals surface area (Å²) in [5, 5.41) is 0. The van der Waals surface area contributed by atoms with Crippen molar-refractivity contribution in [3.05, 3.63) is 60.7 Å². The van der Waals surface area contributed by atoms with Gasteiger partial charge in [-0.25, -0.2) is 9.55 Å². The molecule has 0 saturated carbocycles. The smallest absolute Gasteiger partial charge is 0.278 e. The van der Waals surface area contributed by atoms with E-state index in [1.54, 1.807) is 0 Å². The van der Waals surface area contributed by atoms with Crippen molar-refractivity contribution in [1.82, 2.24) is 4.98 Å². The van der Waals surface area contributed by atoms with Gasteiger partial charge in [0.05, 0.1) is 0 Å². The summed E-state index contributed by atoms with van der Waals surface area (Å²) < 4.78 is 2.13. The number of aromatic amines is 1. The molecular weight excluding hydrogens is 208 g/mol. The lowest BCUT2D eigenvalue weighted by Crippen LogP contribution is -3.00. The summed E-state index contributed by atoms with van der Waals surface area (Å²) in [4.78, 5) is 3.12. The number of nitrogens with zero attached hydrogens (tertiary/aromatic N) is 1. The zero-order chi connectivity index (χ0) is 9.80. The van der Waals surface area contributed by atoms with Gasteiger partial charge in [0.25, 0.3) is 5.82 Å². The van der Waals surface area contributed by atoms with Crippen LogP contribution in [0.5, 0.6) is 0 Å². The first kappa shape index (κ1) is 11.5. The molecule has 0 aliphatic rings. The zero-order valence-corrected chi connectivity index (χ0v) is 9.11. The maximum atomic E-state index is 3.75. The quantitative estimate of drug-likeness (QED) is 0.641. The largest absolute Gasteiger partial charge is 1.00 e. The average Bonchev–Trinajstić information content (AvgIpc) is 2.67. The van der Waals surface area contributed by atoms with Crippen LogP contribution in [0.15, 0.2) is 49.3 Å². The second kappa shape index (κ2) is 5.37. The Labute approximate surface area is 95.7 Å². The molecule has 0 amide bonds. The van der Waals surface area contributed by atoms with Crippen LogP contribution in [0.25, 0.3) is 6.08 Å². The van der Waals surface area contributed by atoms with Gasteiger partial charge in [0.2, 0.25) is 0 Å². The maximum Gasteiger partial charge on any atom is 0.278 e. The van der Waals surface area contributed by atoms with E-state index in [9.17, 15) is 0 Å². The van der Waals surface area contributed by atoms with E-state index < -0.39 is 0 Å². The molecule has 0 fully saturated rings. The molecule has 0 spiro atoms. The summed E-state index contributed by atoms with van der Waals surface area (Å²) in [7, 11) is 0. The standard InChI is InChI=1S/C12H12N2.ClH/c1-2-12-13-8-9-14(12)10-11-6-4-3-5-7-11;/h2-9H,1,10H2;1H. The van der Waals surface area contributed by atoms with E-state index in [0.29, 0.717) is 0 Å². The molecule has 0 saturated heterocycles. The second-order valence-electron chi connectivity index (χ2n) is 3.16. The van der Waals surface area contributed by atoms with Crippen LogP contribution in [0.1, 0.15) is 11.4 Å². The molecule has 2 aromatic rings. The summed E-state index contributed by atoms with van der Waals surface area (Å²) >= 11 is 0. The van der Waals surface area contributed by atoms with Crippen LogP contribution in [0.2, 0.25) is 0 Å². The Hall–Kier alpha value is -1.54. The molecule has 15 heavy (non-hydrogen) atoms. The fraction of sp³-hybridized carbons (Fsp3) is 0.0833. The molecule has 1 aromatic heterocycles. The first-order chi connectivity index (χ1) is 6.90. The normalized spacial score (nSPS) is 9.33. The van der Waals surface area contributed by atoms with Crippen molar-refractivity contribution >= 4 is 6.08 Å². The van der Waals surface area contributed by atoms with Crippen LogP contribution in [0, 0.1) is 0 Å². The number of halogens is 1. The molecule has 1 heterocycles. The lowest BCUT2D eigenvalue weighted by molar-refractivity contribution is -0.688. The molecule has 78 valence electrons. The van der Waals surface area contributed by atoms with Gasteiger partial charge < -0.3 is 12.4 Å². The van der Waals surface area contributed by atoms with Crippen molar-refractivity contribution in [1.29, 1.82) is 0 Å². The average molecular weight is 221 g/mol. The molecule has 0 unspecified atom stereocenters. The minimum atomic E-state index is 0. The summed E-state index contributed by atoms with van der Waals surface area (Å²) in [5.74, 6) is 1.04. The summed E-state index contributed by atoms with van der Waals surface area (Å²) in [6.07, 6.45) is 5.76. The number of nitrogens with one attached hydrogen (secondary N) is 1. The van der Waals surface area contributed by atoms with Crippen LogP contribution in [0.3, 0.4) is 0 Å². The van der Waals surface area contributed by atoms with Crippen molar-refractivity contribution in [3.63, 3.8) is 0 Å². The first-order valence-corrected chi connectivity index (χ1v) is 4.63. The lowest BCUT2D eigenvalue weighted by Gasteiger charge is -1.98. The van der Waals surface area contributed by atoms with Gasteiger partial charge in [-0.2, -0.15) is 0 Å². The zero-order valence-electron chi connectivity index (χ0n) is 8.36. The molecule has 0 radical (unpaired) electrons. The molecule has 1 N–H and O–H groups in total. The predicted octanol–water partition coefficient (Wildman–Crippen LogP) is -1.00. The molecule has 0 bridgehead atoms.